The van der Waals surface area contributed by atoms with Crippen LogP contribution >= 0.6 is 0 Å². The Morgan fingerprint density at radius 1 is 1.30 bits per heavy atom. The molecule has 140 valence electrons. The number of benzene rings is 1. The first kappa shape index (κ1) is 18.9. The largest absolute Gasteiger partial charge is 0.352 e. The molecule has 2 aromatic rings. The fraction of sp³-hybridized carbons (Fsp3) is 0.409. The molecule has 1 aliphatic rings. The van der Waals surface area contributed by atoms with E-state index in [0.717, 1.165) is 17.8 Å². The van der Waals surface area contributed by atoms with Crippen LogP contribution in [0.1, 0.15) is 66.9 Å². The van der Waals surface area contributed by atoms with Crippen molar-refractivity contribution < 1.29 is 4.79 Å². The summed E-state index contributed by atoms with van der Waals surface area (Å²) in [4.78, 5) is 17.1. The topological polar surface area (TPSA) is 77.8 Å². The van der Waals surface area contributed by atoms with E-state index >= 15 is 0 Å². The standard InChI is InChI=1S/C22H26N4O/c1-15(2)19-11-21(26-18-9-5-8-17(10-18)12-23)24-14-20(19)22(27)25-13-16-6-3-4-7-16/h5,8-11,14-16H,3-4,6-7,13H2,1-2H3,(H,24,26)(H,25,27). The van der Waals surface area contributed by atoms with Gasteiger partial charge in [-0.1, -0.05) is 32.8 Å². The Morgan fingerprint density at radius 3 is 2.78 bits per heavy atom. The minimum absolute atomic E-state index is 0.0453. The normalized spacial score (nSPS) is 14.1. The minimum Gasteiger partial charge on any atom is -0.352 e. The molecule has 2 N–H and O–H groups in total. The van der Waals surface area contributed by atoms with Crippen LogP contribution in [0.25, 0.3) is 0 Å². The number of nitriles is 1. The second kappa shape index (κ2) is 8.68. The van der Waals surface area contributed by atoms with Crippen molar-refractivity contribution in [3.8, 4) is 6.07 Å². The lowest BCUT2D eigenvalue weighted by molar-refractivity contribution is 0.0945. The van der Waals surface area contributed by atoms with Crippen LogP contribution in [-0.2, 0) is 0 Å². The number of nitrogens with one attached hydrogen (secondary N) is 2. The van der Waals surface area contributed by atoms with Crippen LogP contribution in [0.2, 0.25) is 0 Å². The summed E-state index contributed by atoms with van der Waals surface area (Å²) < 4.78 is 0. The van der Waals surface area contributed by atoms with Gasteiger partial charge >= 0.3 is 0 Å². The zero-order valence-electron chi connectivity index (χ0n) is 16.0. The zero-order valence-corrected chi connectivity index (χ0v) is 16.0. The van der Waals surface area contributed by atoms with Crippen molar-refractivity contribution in [1.82, 2.24) is 10.3 Å². The van der Waals surface area contributed by atoms with E-state index in [1.807, 2.05) is 18.2 Å². The van der Waals surface area contributed by atoms with Gasteiger partial charge in [-0.15, -0.1) is 0 Å². The molecule has 1 aromatic heterocycles. The van der Waals surface area contributed by atoms with Gasteiger partial charge in [-0.3, -0.25) is 4.79 Å². The van der Waals surface area contributed by atoms with Gasteiger partial charge in [0.2, 0.25) is 0 Å². The van der Waals surface area contributed by atoms with Gasteiger partial charge in [0, 0.05) is 18.4 Å². The van der Waals surface area contributed by atoms with Crippen molar-refractivity contribution in [1.29, 1.82) is 5.26 Å². The number of rotatable bonds is 6. The first-order valence-corrected chi connectivity index (χ1v) is 9.62. The van der Waals surface area contributed by atoms with Crippen molar-refractivity contribution in [3.05, 3.63) is 53.2 Å². The molecule has 1 amide bonds. The lowest BCUT2D eigenvalue weighted by Crippen LogP contribution is -2.29. The van der Waals surface area contributed by atoms with Crippen molar-refractivity contribution in [2.45, 2.75) is 45.4 Å². The minimum atomic E-state index is -0.0453. The molecule has 27 heavy (non-hydrogen) atoms. The van der Waals surface area contributed by atoms with Gasteiger partial charge in [0.15, 0.2) is 0 Å². The maximum atomic E-state index is 12.7. The fourth-order valence-electron chi connectivity index (χ4n) is 3.57. The number of anilines is 2. The van der Waals surface area contributed by atoms with Gasteiger partial charge in [0.1, 0.15) is 5.82 Å². The van der Waals surface area contributed by atoms with E-state index < -0.39 is 0 Å². The highest BCUT2D eigenvalue weighted by Gasteiger charge is 2.19. The Morgan fingerprint density at radius 2 is 2.07 bits per heavy atom. The van der Waals surface area contributed by atoms with Crippen LogP contribution in [-0.4, -0.2) is 17.4 Å². The van der Waals surface area contributed by atoms with Gasteiger partial charge in [-0.2, -0.15) is 5.26 Å². The van der Waals surface area contributed by atoms with Crippen LogP contribution in [0.4, 0.5) is 11.5 Å². The van der Waals surface area contributed by atoms with E-state index in [-0.39, 0.29) is 11.8 Å². The number of hydrogen-bond acceptors (Lipinski definition) is 4. The molecular formula is C22H26N4O. The number of carbonyl (C=O) groups excluding carboxylic acids is 1. The molecule has 5 heteroatoms. The summed E-state index contributed by atoms with van der Waals surface area (Å²) in [7, 11) is 0. The molecule has 0 unspecified atom stereocenters. The smallest absolute Gasteiger partial charge is 0.253 e. The molecule has 0 saturated heterocycles. The predicted octanol–water partition coefficient (Wildman–Crippen LogP) is 4.74. The molecule has 0 atom stereocenters. The number of hydrogen-bond donors (Lipinski definition) is 2. The van der Waals surface area contributed by atoms with E-state index in [0.29, 0.717) is 22.9 Å². The summed E-state index contributed by atoms with van der Waals surface area (Å²) >= 11 is 0. The Labute approximate surface area is 160 Å². The third-order valence-electron chi connectivity index (χ3n) is 5.09. The lowest BCUT2D eigenvalue weighted by Gasteiger charge is -2.16. The number of pyridine rings is 1. The average molecular weight is 362 g/mol. The molecule has 0 radical (unpaired) electrons. The van der Waals surface area contributed by atoms with Crippen LogP contribution in [0.5, 0.6) is 0 Å². The molecule has 0 aliphatic heterocycles. The molecule has 1 saturated carbocycles. The van der Waals surface area contributed by atoms with E-state index in [4.69, 9.17) is 5.26 Å². The Kier molecular flexibility index (Phi) is 6.08. The number of carbonyl (C=O) groups is 1. The Bertz CT molecular complexity index is 848. The second-order valence-corrected chi connectivity index (χ2v) is 7.49. The molecule has 0 bridgehead atoms. The number of nitrogens with zero attached hydrogens (tertiary/aromatic N) is 2. The maximum Gasteiger partial charge on any atom is 0.253 e. The first-order valence-electron chi connectivity index (χ1n) is 9.62. The van der Waals surface area contributed by atoms with Gasteiger partial charge in [-0.25, -0.2) is 4.98 Å². The van der Waals surface area contributed by atoms with Crippen LogP contribution in [0.15, 0.2) is 36.5 Å². The summed E-state index contributed by atoms with van der Waals surface area (Å²) in [5.41, 5.74) is 2.99. The van der Waals surface area contributed by atoms with Crippen molar-refractivity contribution in [2.24, 2.45) is 5.92 Å². The van der Waals surface area contributed by atoms with Crippen molar-refractivity contribution >= 4 is 17.4 Å². The third kappa shape index (κ3) is 4.85. The van der Waals surface area contributed by atoms with Gasteiger partial charge < -0.3 is 10.6 Å². The van der Waals surface area contributed by atoms with Gasteiger partial charge in [0.25, 0.3) is 5.91 Å². The lowest BCUT2D eigenvalue weighted by atomic mass is 9.98. The summed E-state index contributed by atoms with van der Waals surface area (Å²) in [5.74, 6) is 1.43. The molecule has 1 aromatic carbocycles. The van der Waals surface area contributed by atoms with E-state index in [1.54, 1.807) is 18.3 Å². The average Bonchev–Trinajstić information content (AvgIpc) is 3.20. The van der Waals surface area contributed by atoms with Gasteiger partial charge in [0.05, 0.1) is 17.2 Å². The summed E-state index contributed by atoms with van der Waals surface area (Å²) in [6.07, 6.45) is 6.61. The fourth-order valence-corrected chi connectivity index (χ4v) is 3.57. The van der Waals surface area contributed by atoms with Gasteiger partial charge in [-0.05, 0) is 54.5 Å². The number of aromatic nitrogens is 1. The molecule has 1 heterocycles. The molecule has 1 aliphatic carbocycles. The molecule has 0 spiro atoms. The third-order valence-corrected chi connectivity index (χ3v) is 5.09. The van der Waals surface area contributed by atoms with Crippen molar-refractivity contribution in [2.75, 3.05) is 11.9 Å². The molecular weight excluding hydrogens is 336 g/mol. The number of amides is 1. The van der Waals surface area contributed by atoms with E-state index in [9.17, 15) is 4.79 Å². The molecule has 5 nitrogen and oxygen atoms in total. The molecule has 1 fully saturated rings. The van der Waals surface area contributed by atoms with Crippen LogP contribution in [0.3, 0.4) is 0 Å². The van der Waals surface area contributed by atoms with Crippen LogP contribution in [0, 0.1) is 17.2 Å². The summed E-state index contributed by atoms with van der Waals surface area (Å²) in [5, 5.41) is 15.3. The highest BCUT2D eigenvalue weighted by molar-refractivity contribution is 5.95. The Hall–Kier alpha value is -2.87. The molecule has 3 rings (SSSR count). The van der Waals surface area contributed by atoms with Crippen LogP contribution < -0.4 is 10.6 Å². The maximum absolute atomic E-state index is 12.7. The highest BCUT2D eigenvalue weighted by Crippen LogP contribution is 2.26. The SMILES string of the molecule is CC(C)c1cc(Nc2cccc(C#N)c2)ncc1C(=O)NCC1CCCC1. The van der Waals surface area contributed by atoms with E-state index in [2.05, 4.69) is 35.5 Å². The first-order chi connectivity index (χ1) is 13.1. The zero-order chi connectivity index (χ0) is 19.2. The quantitative estimate of drug-likeness (QED) is 0.778. The monoisotopic (exact) mass is 362 g/mol. The highest BCUT2D eigenvalue weighted by atomic mass is 16.1. The Balaban J connectivity index is 1.75. The second-order valence-electron chi connectivity index (χ2n) is 7.49. The summed E-state index contributed by atoms with van der Waals surface area (Å²) in [6.45, 7) is 4.89. The summed E-state index contributed by atoms with van der Waals surface area (Å²) in [6, 6.07) is 11.3. The van der Waals surface area contributed by atoms with Crippen molar-refractivity contribution in [3.63, 3.8) is 0 Å². The predicted molar refractivity (Wildman–Crippen MR) is 107 cm³/mol. The van der Waals surface area contributed by atoms with E-state index in [1.165, 1.54) is 25.7 Å².